The summed E-state index contributed by atoms with van der Waals surface area (Å²) < 4.78 is 18.1. The van der Waals surface area contributed by atoms with Crippen LogP contribution >= 0.6 is 0 Å². The number of benzene rings is 4. The fraction of sp³-hybridized carbons (Fsp3) is 0.214. The molecule has 0 fully saturated rings. The second-order valence-corrected chi connectivity index (χ2v) is 7.46. The summed E-state index contributed by atoms with van der Waals surface area (Å²) in [7, 11) is 0. The van der Waals surface area contributed by atoms with Crippen molar-refractivity contribution < 1.29 is 14.2 Å². The molecule has 31 heavy (non-hydrogen) atoms. The van der Waals surface area contributed by atoms with Gasteiger partial charge in [0.1, 0.15) is 23.0 Å². The summed E-state index contributed by atoms with van der Waals surface area (Å²) in [6.07, 6.45) is 2.82. The molecule has 0 unspecified atom stereocenters. The van der Waals surface area contributed by atoms with Crippen LogP contribution in [0.25, 0.3) is 10.8 Å². The predicted octanol–water partition coefficient (Wildman–Crippen LogP) is 7.43. The molecule has 0 bridgehead atoms. The minimum atomic E-state index is 0.618. The van der Waals surface area contributed by atoms with E-state index in [1.165, 1.54) is 10.9 Å². The Kier molecular flexibility index (Phi) is 7.07. The second-order valence-electron chi connectivity index (χ2n) is 7.46. The molecule has 158 valence electrons. The summed E-state index contributed by atoms with van der Waals surface area (Å²) >= 11 is 0. The third kappa shape index (κ3) is 5.58. The number of hydrogen-bond acceptors (Lipinski definition) is 3. The van der Waals surface area contributed by atoms with E-state index in [1.54, 1.807) is 0 Å². The third-order valence-corrected chi connectivity index (χ3v) is 5.09. The molecule has 0 aliphatic heterocycles. The van der Waals surface area contributed by atoms with Gasteiger partial charge in [-0.1, -0.05) is 67.9 Å². The number of aryl methyl sites for hydroxylation is 1. The number of ether oxygens (including phenoxy) is 3. The Balaban J connectivity index is 1.39. The molecule has 0 amide bonds. The average Bonchev–Trinajstić information content (AvgIpc) is 2.81. The number of hydrogen-bond donors (Lipinski definition) is 0. The molecule has 0 saturated carbocycles. The van der Waals surface area contributed by atoms with Gasteiger partial charge < -0.3 is 14.2 Å². The van der Waals surface area contributed by atoms with E-state index in [2.05, 4.69) is 31.2 Å². The van der Waals surface area contributed by atoms with E-state index in [0.29, 0.717) is 13.2 Å². The second kappa shape index (κ2) is 10.5. The summed E-state index contributed by atoms with van der Waals surface area (Å²) in [6.45, 7) is 3.43. The van der Waals surface area contributed by atoms with Crippen LogP contribution in [0.1, 0.15) is 25.3 Å². The summed E-state index contributed by atoms with van der Waals surface area (Å²) in [5.41, 5.74) is 1.17. The summed E-state index contributed by atoms with van der Waals surface area (Å²) in [6, 6.07) is 30.4. The standard InChI is InChI=1S/C28H28O3/c1-2-10-23-21-25(31-28-16-8-12-22-11-6-7-15-26(22)28)17-18-27(23)30-20-9-19-29-24-13-4-3-5-14-24/h3-8,11-18,21H,2,9-10,19-20H2,1H3. The van der Waals surface area contributed by atoms with Crippen LogP contribution < -0.4 is 14.2 Å². The van der Waals surface area contributed by atoms with Crippen molar-refractivity contribution in [3.05, 3.63) is 96.6 Å². The third-order valence-electron chi connectivity index (χ3n) is 5.09. The lowest BCUT2D eigenvalue weighted by molar-refractivity contribution is 0.246. The lowest BCUT2D eigenvalue weighted by Crippen LogP contribution is -2.06. The van der Waals surface area contributed by atoms with Crippen LogP contribution in [0.2, 0.25) is 0 Å². The smallest absolute Gasteiger partial charge is 0.135 e. The maximum Gasteiger partial charge on any atom is 0.135 e. The molecule has 3 nitrogen and oxygen atoms in total. The molecule has 0 saturated heterocycles. The Hall–Kier alpha value is -3.46. The van der Waals surface area contributed by atoms with Gasteiger partial charge in [0.05, 0.1) is 13.2 Å². The minimum Gasteiger partial charge on any atom is -0.493 e. The highest BCUT2D eigenvalue weighted by atomic mass is 16.5. The van der Waals surface area contributed by atoms with Gasteiger partial charge in [-0.15, -0.1) is 0 Å². The Bertz CT molecular complexity index is 1100. The van der Waals surface area contributed by atoms with Crippen molar-refractivity contribution in [1.82, 2.24) is 0 Å². The lowest BCUT2D eigenvalue weighted by Gasteiger charge is -2.14. The zero-order valence-electron chi connectivity index (χ0n) is 17.9. The highest BCUT2D eigenvalue weighted by Gasteiger charge is 2.08. The van der Waals surface area contributed by atoms with E-state index >= 15 is 0 Å². The SMILES string of the molecule is CCCc1cc(Oc2cccc3ccccc23)ccc1OCCCOc1ccccc1. The van der Waals surface area contributed by atoms with Gasteiger partial charge in [-0.2, -0.15) is 0 Å². The van der Waals surface area contributed by atoms with Crippen molar-refractivity contribution >= 4 is 10.8 Å². The van der Waals surface area contributed by atoms with Crippen molar-refractivity contribution in [2.75, 3.05) is 13.2 Å². The molecule has 4 aromatic carbocycles. The van der Waals surface area contributed by atoms with Gasteiger partial charge in [0.2, 0.25) is 0 Å². The topological polar surface area (TPSA) is 27.7 Å². The van der Waals surface area contributed by atoms with Crippen LogP contribution in [0.15, 0.2) is 91.0 Å². The van der Waals surface area contributed by atoms with Crippen LogP contribution in [0, 0.1) is 0 Å². The van der Waals surface area contributed by atoms with Crippen LogP contribution in [0.5, 0.6) is 23.0 Å². The maximum absolute atomic E-state index is 6.25. The molecule has 0 heterocycles. The number of rotatable bonds is 10. The molecule has 0 spiro atoms. The van der Waals surface area contributed by atoms with Crippen LogP contribution in [-0.4, -0.2) is 13.2 Å². The Labute approximate surface area is 184 Å². The zero-order valence-corrected chi connectivity index (χ0v) is 17.9. The molecule has 0 N–H and O–H groups in total. The van der Waals surface area contributed by atoms with Crippen LogP contribution in [0.3, 0.4) is 0 Å². The molecule has 0 aliphatic carbocycles. The van der Waals surface area contributed by atoms with Gasteiger partial charge in [-0.05, 0) is 53.8 Å². The summed E-state index contributed by atoms with van der Waals surface area (Å²) in [4.78, 5) is 0. The van der Waals surface area contributed by atoms with Crippen molar-refractivity contribution in [3.63, 3.8) is 0 Å². The summed E-state index contributed by atoms with van der Waals surface area (Å²) in [5.74, 6) is 3.52. The predicted molar refractivity (Wildman–Crippen MR) is 127 cm³/mol. The highest BCUT2D eigenvalue weighted by molar-refractivity contribution is 5.88. The van der Waals surface area contributed by atoms with Crippen molar-refractivity contribution in [3.8, 4) is 23.0 Å². The van der Waals surface area contributed by atoms with E-state index in [-0.39, 0.29) is 0 Å². The summed E-state index contributed by atoms with van der Waals surface area (Å²) in [5, 5.41) is 2.28. The number of fused-ring (bicyclic) bond motifs is 1. The molecule has 0 radical (unpaired) electrons. The van der Waals surface area contributed by atoms with Gasteiger partial charge in [0, 0.05) is 11.8 Å². The van der Waals surface area contributed by atoms with E-state index in [4.69, 9.17) is 14.2 Å². The Morgan fingerprint density at radius 1 is 0.645 bits per heavy atom. The quantitative estimate of drug-likeness (QED) is 0.253. The van der Waals surface area contributed by atoms with Gasteiger partial charge in [0.25, 0.3) is 0 Å². The fourth-order valence-corrected chi connectivity index (χ4v) is 3.58. The Morgan fingerprint density at radius 2 is 1.42 bits per heavy atom. The lowest BCUT2D eigenvalue weighted by atomic mass is 10.1. The van der Waals surface area contributed by atoms with Crippen molar-refractivity contribution in [2.45, 2.75) is 26.2 Å². The minimum absolute atomic E-state index is 0.618. The largest absolute Gasteiger partial charge is 0.493 e. The molecule has 3 heteroatoms. The van der Waals surface area contributed by atoms with Gasteiger partial charge in [-0.25, -0.2) is 0 Å². The first kappa shape index (κ1) is 20.8. The number of para-hydroxylation sites is 1. The normalized spacial score (nSPS) is 10.7. The molecule has 4 aromatic rings. The van der Waals surface area contributed by atoms with Crippen LogP contribution in [-0.2, 0) is 6.42 Å². The molecular formula is C28H28O3. The Morgan fingerprint density at radius 3 is 2.29 bits per heavy atom. The molecular weight excluding hydrogens is 384 g/mol. The first-order valence-electron chi connectivity index (χ1n) is 10.9. The van der Waals surface area contributed by atoms with Gasteiger partial charge in [0.15, 0.2) is 0 Å². The monoisotopic (exact) mass is 412 g/mol. The average molecular weight is 413 g/mol. The van der Waals surface area contributed by atoms with Crippen LogP contribution in [0.4, 0.5) is 0 Å². The molecule has 0 aliphatic rings. The van der Waals surface area contributed by atoms with Gasteiger partial charge in [-0.3, -0.25) is 0 Å². The van der Waals surface area contributed by atoms with E-state index in [1.807, 2.05) is 66.7 Å². The van der Waals surface area contributed by atoms with E-state index in [9.17, 15) is 0 Å². The molecule has 0 aromatic heterocycles. The van der Waals surface area contributed by atoms with E-state index < -0.39 is 0 Å². The molecule has 0 atom stereocenters. The molecule has 4 rings (SSSR count). The maximum atomic E-state index is 6.25. The fourth-order valence-electron chi connectivity index (χ4n) is 3.58. The zero-order chi connectivity index (χ0) is 21.3. The van der Waals surface area contributed by atoms with Crippen molar-refractivity contribution in [2.24, 2.45) is 0 Å². The first-order valence-corrected chi connectivity index (χ1v) is 10.9. The first-order chi connectivity index (χ1) is 15.3. The van der Waals surface area contributed by atoms with Crippen molar-refractivity contribution in [1.29, 1.82) is 0 Å². The highest BCUT2D eigenvalue weighted by Crippen LogP contribution is 2.32. The van der Waals surface area contributed by atoms with E-state index in [0.717, 1.165) is 47.6 Å². The van der Waals surface area contributed by atoms with Gasteiger partial charge >= 0.3 is 0 Å².